The van der Waals surface area contributed by atoms with Crippen molar-refractivity contribution in [2.75, 3.05) is 17.1 Å². The van der Waals surface area contributed by atoms with Gasteiger partial charge in [0.1, 0.15) is 5.75 Å². The van der Waals surface area contributed by atoms with Gasteiger partial charge < -0.3 is 10.1 Å². The summed E-state index contributed by atoms with van der Waals surface area (Å²) in [4.78, 5) is 12.5. The maximum atomic E-state index is 12.5. The molecular weight excluding hydrogens is 352 g/mol. The molecule has 1 aliphatic heterocycles. The van der Waals surface area contributed by atoms with Gasteiger partial charge in [-0.15, -0.1) is 0 Å². The van der Waals surface area contributed by atoms with Crippen molar-refractivity contribution in [2.45, 2.75) is 44.2 Å². The standard InChI is InChI=1S/C16H21ClN2O4S/c1-24(21,22)19-10-15(16(20)18-12-5-3-2-4-6-12)23-14-8-7-11(17)9-13(14)19/h7-9,12,15H,2-6,10H2,1H3,(H,18,20)/t15-/m1/s1. The van der Waals surface area contributed by atoms with E-state index in [4.69, 9.17) is 16.3 Å². The van der Waals surface area contributed by atoms with Crippen molar-refractivity contribution in [1.29, 1.82) is 0 Å². The van der Waals surface area contributed by atoms with Gasteiger partial charge in [-0.3, -0.25) is 9.10 Å². The summed E-state index contributed by atoms with van der Waals surface area (Å²) in [5, 5.41) is 3.40. The Hall–Kier alpha value is -1.47. The van der Waals surface area contributed by atoms with Crippen molar-refractivity contribution in [3.05, 3.63) is 23.2 Å². The van der Waals surface area contributed by atoms with Crippen LogP contribution in [0.2, 0.25) is 5.02 Å². The number of anilines is 1. The van der Waals surface area contributed by atoms with Crippen LogP contribution in [0, 0.1) is 0 Å². The summed E-state index contributed by atoms with van der Waals surface area (Å²) in [5.41, 5.74) is 0.367. The number of nitrogens with zero attached hydrogens (tertiary/aromatic N) is 1. The molecule has 1 saturated carbocycles. The number of fused-ring (bicyclic) bond motifs is 1. The number of halogens is 1. The summed E-state index contributed by atoms with van der Waals surface area (Å²) in [6.07, 6.45) is 5.57. The monoisotopic (exact) mass is 372 g/mol. The Morgan fingerprint density at radius 2 is 2.00 bits per heavy atom. The zero-order chi connectivity index (χ0) is 17.3. The molecule has 24 heavy (non-hydrogen) atoms. The Morgan fingerprint density at radius 1 is 1.29 bits per heavy atom. The predicted octanol–water partition coefficient (Wildman–Crippen LogP) is 2.32. The van der Waals surface area contributed by atoms with E-state index in [-0.39, 0.29) is 18.5 Å². The van der Waals surface area contributed by atoms with Crippen molar-refractivity contribution in [3.8, 4) is 5.75 Å². The molecule has 8 heteroatoms. The second-order valence-corrected chi connectivity index (χ2v) is 8.70. The molecule has 1 aromatic rings. The maximum Gasteiger partial charge on any atom is 0.263 e. The number of hydrogen-bond acceptors (Lipinski definition) is 4. The lowest BCUT2D eigenvalue weighted by atomic mass is 9.95. The first-order valence-corrected chi connectivity index (χ1v) is 10.3. The number of sulfonamides is 1. The molecular formula is C16H21ClN2O4S. The van der Waals surface area contributed by atoms with E-state index in [1.54, 1.807) is 12.1 Å². The molecule has 1 atom stereocenters. The molecule has 1 aliphatic carbocycles. The number of rotatable bonds is 3. The Balaban J connectivity index is 1.81. The van der Waals surface area contributed by atoms with Crippen molar-refractivity contribution in [2.24, 2.45) is 0 Å². The molecule has 2 aliphatic rings. The van der Waals surface area contributed by atoms with Crippen LogP contribution in [-0.4, -0.2) is 39.3 Å². The molecule has 1 aromatic carbocycles. The highest BCUT2D eigenvalue weighted by Gasteiger charge is 2.35. The third-order valence-corrected chi connectivity index (χ3v) is 5.82. The Kier molecular flexibility index (Phi) is 4.92. The molecule has 0 radical (unpaired) electrons. The molecule has 1 N–H and O–H groups in total. The third kappa shape index (κ3) is 3.78. The van der Waals surface area contributed by atoms with E-state index in [1.165, 1.54) is 16.8 Å². The SMILES string of the molecule is CS(=O)(=O)N1C[C@H](C(=O)NC2CCCCC2)Oc2ccc(Cl)cc21. The highest BCUT2D eigenvalue weighted by atomic mass is 35.5. The summed E-state index contributed by atoms with van der Waals surface area (Å²) in [6, 6.07) is 4.89. The average Bonchev–Trinajstić information content (AvgIpc) is 2.53. The fraction of sp³-hybridized carbons (Fsp3) is 0.562. The van der Waals surface area contributed by atoms with Gasteiger partial charge in [-0.25, -0.2) is 8.42 Å². The molecule has 0 unspecified atom stereocenters. The maximum absolute atomic E-state index is 12.5. The number of carbonyl (C=O) groups is 1. The van der Waals surface area contributed by atoms with Crippen LogP contribution in [0.4, 0.5) is 5.69 Å². The summed E-state index contributed by atoms with van der Waals surface area (Å²) >= 11 is 5.96. The van der Waals surface area contributed by atoms with Crippen molar-refractivity contribution in [3.63, 3.8) is 0 Å². The zero-order valence-corrected chi connectivity index (χ0v) is 15.1. The first-order valence-electron chi connectivity index (χ1n) is 8.09. The minimum atomic E-state index is -3.54. The molecule has 1 fully saturated rings. The van der Waals surface area contributed by atoms with Crippen LogP contribution in [0.5, 0.6) is 5.75 Å². The van der Waals surface area contributed by atoms with E-state index in [0.717, 1.165) is 31.9 Å². The topological polar surface area (TPSA) is 75.7 Å². The summed E-state index contributed by atoms with van der Waals surface area (Å²) in [6.45, 7) is -0.0509. The number of amides is 1. The Labute approximate surface area is 147 Å². The molecule has 0 aromatic heterocycles. The van der Waals surface area contributed by atoms with E-state index in [1.807, 2.05) is 0 Å². The van der Waals surface area contributed by atoms with Gasteiger partial charge in [0.2, 0.25) is 10.0 Å². The summed E-state index contributed by atoms with van der Waals surface area (Å²) in [5.74, 6) is 0.0796. The quantitative estimate of drug-likeness (QED) is 0.883. The smallest absolute Gasteiger partial charge is 0.263 e. The first-order chi connectivity index (χ1) is 11.3. The second-order valence-electron chi connectivity index (χ2n) is 6.36. The number of benzene rings is 1. The van der Waals surface area contributed by atoms with Gasteiger partial charge in [0.25, 0.3) is 5.91 Å². The summed E-state index contributed by atoms with van der Waals surface area (Å²) in [7, 11) is -3.54. The molecule has 3 rings (SSSR count). The van der Waals surface area contributed by atoms with E-state index in [0.29, 0.717) is 16.5 Å². The van der Waals surface area contributed by atoms with Crippen LogP contribution < -0.4 is 14.4 Å². The van der Waals surface area contributed by atoms with Crippen molar-refractivity contribution >= 4 is 33.2 Å². The van der Waals surface area contributed by atoms with Gasteiger partial charge in [0.15, 0.2) is 6.10 Å². The fourth-order valence-electron chi connectivity index (χ4n) is 3.22. The molecule has 0 bridgehead atoms. The van der Waals surface area contributed by atoms with E-state index in [2.05, 4.69) is 5.32 Å². The number of carbonyl (C=O) groups excluding carboxylic acids is 1. The molecule has 6 nitrogen and oxygen atoms in total. The molecule has 1 amide bonds. The lowest BCUT2D eigenvalue weighted by molar-refractivity contribution is -0.128. The minimum Gasteiger partial charge on any atom is -0.476 e. The first kappa shape index (κ1) is 17.4. The van der Waals surface area contributed by atoms with Crippen LogP contribution in [0.15, 0.2) is 18.2 Å². The van der Waals surface area contributed by atoms with Crippen LogP contribution >= 0.6 is 11.6 Å². The van der Waals surface area contributed by atoms with Gasteiger partial charge in [-0.1, -0.05) is 30.9 Å². The largest absolute Gasteiger partial charge is 0.476 e. The minimum absolute atomic E-state index is 0.0509. The zero-order valence-electron chi connectivity index (χ0n) is 13.5. The highest BCUT2D eigenvalue weighted by molar-refractivity contribution is 7.92. The predicted molar refractivity (Wildman–Crippen MR) is 93.1 cm³/mol. The lowest BCUT2D eigenvalue weighted by Gasteiger charge is -2.35. The van der Waals surface area contributed by atoms with Crippen LogP contribution in [0.3, 0.4) is 0 Å². The summed E-state index contributed by atoms with van der Waals surface area (Å²) < 4.78 is 31.2. The highest BCUT2D eigenvalue weighted by Crippen LogP contribution is 2.37. The van der Waals surface area contributed by atoms with E-state index >= 15 is 0 Å². The number of nitrogens with one attached hydrogen (secondary N) is 1. The Morgan fingerprint density at radius 3 is 2.67 bits per heavy atom. The number of ether oxygens (including phenoxy) is 1. The van der Waals surface area contributed by atoms with Gasteiger partial charge in [-0.05, 0) is 31.0 Å². The molecule has 0 spiro atoms. The molecule has 132 valence electrons. The third-order valence-electron chi connectivity index (χ3n) is 4.43. The van der Waals surface area contributed by atoms with Gasteiger partial charge >= 0.3 is 0 Å². The van der Waals surface area contributed by atoms with E-state index in [9.17, 15) is 13.2 Å². The second kappa shape index (κ2) is 6.80. The number of hydrogen-bond donors (Lipinski definition) is 1. The molecule has 1 heterocycles. The lowest BCUT2D eigenvalue weighted by Crippen LogP contribution is -2.52. The average molecular weight is 373 g/mol. The Bertz CT molecular complexity index is 732. The van der Waals surface area contributed by atoms with E-state index < -0.39 is 16.1 Å². The van der Waals surface area contributed by atoms with Gasteiger partial charge in [0, 0.05) is 11.1 Å². The molecule has 0 saturated heterocycles. The van der Waals surface area contributed by atoms with Crippen molar-refractivity contribution in [1.82, 2.24) is 5.32 Å². The normalized spacial score (nSPS) is 21.8. The van der Waals surface area contributed by atoms with Crippen LogP contribution in [0.25, 0.3) is 0 Å². The van der Waals surface area contributed by atoms with Crippen LogP contribution in [-0.2, 0) is 14.8 Å². The van der Waals surface area contributed by atoms with Gasteiger partial charge in [-0.2, -0.15) is 0 Å². The van der Waals surface area contributed by atoms with Crippen LogP contribution in [0.1, 0.15) is 32.1 Å². The van der Waals surface area contributed by atoms with Gasteiger partial charge in [0.05, 0.1) is 18.5 Å². The van der Waals surface area contributed by atoms with Crippen molar-refractivity contribution < 1.29 is 17.9 Å². The fourth-order valence-corrected chi connectivity index (χ4v) is 4.29.